The van der Waals surface area contributed by atoms with Crippen LogP contribution in [0.5, 0.6) is 10.9 Å². The van der Waals surface area contributed by atoms with E-state index < -0.39 is 11.4 Å². The first-order valence-electron chi connectivity index (χ1n) is 6.71. The van der Waals surface area contributed by atoms with E-state index in [1.54, 1.807) is 6.07 Å². The van der Waals surface area contributed by atoms with Gasteiger partial charge in [-0.15, -0.1) is 0 Å². The van der Waals surface area contributed by atoms with Crippen molar-refractivity contribution in [2.75, 3.05) is 5.73 Å². The van der Waals surface area contributed by atoms with E-state index in [0.717, 1.165) is 5.69 Å². The van der Waals surface area contributed by atoms with Crippen molar-refractivity contribution in [3.63, 3.8) is 0 Å². The van der Waals surface area contributed by atoms with Crippen LogP contribution in [0.4, 0.5) is 10.1 Å². The lowest BCUT2D eigenvalue weighted by Gasteiger charge is -2.24. The zero-order chi connectivity index (χ0) is 16.3. The monoisotopic (exact) mass is 323 g/mol. The van der Waals surface area contributed by atoms with Gasteiger partial charge in [-0.3, -0.25) is 4.79 Å². The van der Waals surface area contributed by atoms with Crippen molar-refractivity contribution in [1.82, 2.24) is 10.3 Å². The molecule has 1 aromatic carbocycles. The number of thiazole rings is 1. The molecular formula is C15H18FN3O2S. The molecule has 1 heterocycles. The van der Waals surface area contributed by atoms with Gasteiger partial charge in [-0.2, -0.15) is 0 Å². The molecule has 0 fully saturated rings. The molecule has 5 nitrogen and oxygen atoms in total. The highest BCUT2D eigenvalue weighted by Gasteiger charge is 2.21. The number of nitrogens with one attached hydrogen (secondary N) is 1. The Balaban J connectivity index is 2.05. The Bertz CT molecular complexity index is 685. The lowest BCUT2D eigenvalue weighted by molar-refractivity contribution is -0.120. The number of halogens is 1. The first kappa shape index (κ1) is 16.2. The first-order valence-corrected chi connectivity index (χ1v) is 7.59. The number of nitrogen functional groups attached to an aromatic ring is 1. The van der Waals surface area contributed by atoms with E-state index >= 15 is 0 Å². The number of carbonyl (C=O) groups is 1. The van der Waals surface area contributed by atoms with Gasteiger partial charge in [-0.25, -0.2) is 9.37 Å². The number of aromatic nitrogens is 1. The summed E-state index contributed by atoms with van der Waals surface area (Å²) in [5.41, 5.74) is 5.89. The molecule has 0 atom stereocenters. The number of rotatable bonds is 5. The predicted molar refractivity (Wildman–Crippen MR) is 84.6 cm³/mol. The average molecular weight is 323 g/mol. The molecule has 22 heavy (non-hydrogen) atoms. The third kappa shape index (κ3) is 4.42. The molecule has 2 aromatic rings. The fourth-order valence-electron chi connectivity index (χ4n) is 2.06. The first-order chi connectivity index (χ1) is 10.2. The summed E-state index contributed by atoms with van der Waals surface area (Å²) in [5.74, 6) is -0.274. The van der Waals surface area contributed by atoms with Crippen LogP contribution in [0.2, 0.25) is 0 Å². The van der Waals surface area contributed by atoms with Crippen molar-refractivity contribution in [2.24, 2.45) is 0 Å². The number of hydrogen-bond donors (Lipinski definition) is 2. The molecule has 118 valence electrons. The third-order valence-corrected chi connectivity index (χ3v) is 3.61. The Hall–Kier alpha value is -2.15. The fraction of sp³-hybridized carbons (Fsp3) is 0.333. The van der Waals surface area contributed by atoms with Crippen molar-refractivity contribution in [1.29, 1.82) is 0 Å². The summed E-state index contributed by atoms with van der Waals surface area (Å²) in [6.07, 6.45) is 0.572. The van der Waals surface area contributed by atoms with Crippen molar-refractivity contribution in [2.45, 2.75) is 32.7 Å². The predicted octanol–water partition coefficient (Wildman–Crippen LogP) is 3.11. The van der Waals surface area contributed by atoms with Crippen LogP contribution in [0.25, 0.3) is 0 Å². The summed E-state index contributed by atoms with van der Waals surface area (Å²) in [6.45, 7) is 5.32. The summed E-state index contributed by atoms with van der Waals surface area (Å²) in [4.78, 5) is 15.5. The Labute approximate surface area is 132 Å². The number of amides is 1. The number of nitrogens with two attached hydrogens (primary N) is 1. The molecule has 1 aromatic heterocycles. The number of ether oxygens (including phenoxy) is 1. The van der Waals surface area contributed by atoms with Crippen molar-refractivity contribution in [3.8, 4) is 10.9 Å². The van der Waals surface area contributed by atoms with Gasteiger partial charge in [0.15, 0.2) is 0 Å². The molecule has 0 spiro atoms. The van der Waals surface area contributed by atoms with Gasteiger partial charge in [0, 0.05) is 30.3 Å². The molecule has 7 heteroatoms. The van der Waals surface area contributed by atoms with Crippen LogP contribution in [0.1, 0.15) is 26.5 Å². The van der Waals surface area contributed by atoms with Crippen LogP contribution < -0.4 is 15.8 Å². The highest BCUT2D eigenvalue weighted by Crippen LogP contribution is 2.28. The summed E-state index contributed by atoms with van der Waals surface area (Å²) in [7, 11) is 0. The van der Waals surface area contributed by atoms with Crippen molar-refractivity contribution in [3.05, 3.63) is 35.1 Å². The van der Waals surface area contributed by atoms with Crippen LogP contribution in [0.3, 0.4) is 0 Å². The lowest BCUT2D eigenvalue weighted by Crippen LogP contribution is -2.44. The summed E-state index contributed by atoms with van der Waals surface area (Å²) < 4.78 is 18.9. The minimum absolute atomic E-state index is 0.0734. The van der Waals surface area contributed by atoms with Crippen LogP contribution in [0.15, 0.2) is 23.6 Å². The van der Waals surface area contributed by atoms with Gasteiger partial charge in [0.1, 0.15) is 11.6 Å². The number of nitrogens with zero attached hydrogens (tertiary/aromatic N) is 1. The fourth-order valence-corrected chi connectivity index (χ4v) is 2.75. The van der Waals surface area contributed by atoms with Gasteiger partial charge in [-0.1, -0.05) is 11.3 Å². The molecule has 0 saturated heterocycles. The van der Waals surface area contributed by atoms with Gasteiger partial charge in [0.05, 0.1) is 11.4 Å². The Morgan fingerprint density at radius 1 is 1.50 bits per heavy atom. The summed E-state index contributed by atoms with van der Waals surface area (Å²) in [6, 6.07) is 4.25. The van der Waals surface area contributed by atoms with Gasteiger partial charge in [0.2, 0.25) is 5.91 Å². The maximum atomic E-state index is 13.4. The van der Waals surface area contributed by atoms with E-state index in [2.05, 4.69) is 10.3 Å². The highest BCUT2D eigenvalue weighted by atomic mass is 32.1. The lowest BCUT2D eigenvalue weighted by atomic mass is 9.99. The van der Waals surface area contributed by atoms with E-state index in [9.17, 15) is 9.18 Å². The summed E-state index contributed by atoms with van der Waals surface area (Å²) in [5, 5.41) is 5.13. The van der Waals surface area contributed by atoms with Crippen molar-refractivity contribution >= 4 is 22.9 Å². The minimum Gasteiger partial charge on any atom is -0.431 e. The second-order valence-corrected chi connectivity index (χ2v) is 6.45. The van der Waals surface area contributed by atoms with Gasteiger partial charge < -0.3 is 15.8 Å². The zero-order valence-electron chi connectivity index (χ0n) is 12.6. The van der Waals surface area contributed by atoms with Gasteiger partial charge in [-0.05, 0) is 26.0 Å². The van der Waals surface area contributed by atoms with Gasteiger partial charge >= 0.3 is 0 Å². The molecule has 0 radical (unpaired) electrons. The maximum Gasteiger partial charge on any atom is 0.278 e. The maximum absolute atomic E-state index is 13.4. The molecule has 0 saturated carbocycles. The van der Waals surface area contributed by atoms with E-state index in [1.165, 1.54) is 30.4 Å². The van der Waals surface area contributed by atoms with Crippen LogP contribution >= 0.6 is 11.3 Å². The van der Waals surface area contributed by atoms with E-state index in [0.29, 0.717) is 17.4 Å². The standard InChI is InChI=1S/C15H18FN3O2S/c1-9(20)19-15(2,3)7-10-8-22-14(18-10)21-11-4-5-13(17)12(16)6-11/h4-6,8H,7,17H2,1-3H3,(H,19,20). The Morgan fingerprint density at radius 2 is 2.23 bits per heavy atom. The number of anilines is 1. The van der Waals surface area contributed by atoms with E-state index in [1.807, 2.05) is 19.2 Å². The molecule has 0 bridgehead atoms. The zero-order valence-corrected chi connectivity index (χ0v) is 13.5. The molecule has 0 aliphatic carbocycles. The largest absolute Gasteiger partial charge is 0.431 e. The molecule has 0 unspecified atom stereocenters. The second kappa shape index (κ2) is 6.31. The van der Waals surface area contributed by atoms with Gasteiger partial charge in [0.25, 0.3) is 5.19 Å². The average Bonchev–Trinajstić information content (AvgIpc) is 2.78. The Morgan fingerprint density at radius 3 is 2.86 bits per heavy atom. The minimum atomic E-state index is -0.527. The number of benzene rings is 1. The molecule has 1 amide bonds. The third-order valence-electron chi connectivity index (χ3n) is 2.85. The number of carbonyl (C=O) groups excluding carboxylic acids is 1. The molecule has 2 rings (SSSR count). The highest BCUT2D eigenvalue weighted by molar-refractivity contribution is 7.11. The molecule has 0 aliphatic rings. The molecular weight excluding hydrogens is 305 g/mol. The van der Waals surface area contributed by atoms with E-state index in [-0.39, 0.29) is 11.6 Å². The molecule has 0 aliphatic heterocycles. The van der Waals surface area contributed by atoms with Crippen LogP contribution in [0, 0.1) is 5.82 Å². The second-order valence-electron chi connectivity index (χ2n) is 5.63. The molecule has 3 N–H and O–H groups in total. The van der Waals surface area contributed by atoms with E-state index in [4.69, 9.17) is 10.5 Å². The SMILES string of the molecule is CC(=O)NC(C)(C)Cc1csc(Oc2ccc(N)c(F)c2)n1. The quantitative estimate of drug-likeness (QED) is 0.829. The number of hydrogen-bond acceptors (Lipinski definition) is 5. The smallest absolute Gasteiger partial charge is 0.278 e. The topological polar surface area (TPSA) is 77.2 Å². The van der Waals surface area contributed by atoms with Crippen LogP contribution in [-0.2, 0) is 11.2 Å². The van der Waals surface area contributed by atoms with Crippen molar-refractivity contribution < 1.29 is 13.9 Å². The Kier molecular flexibility index (Phi) is 4.65. The van der Waals surface area contributed by atoms with Crippen LogP contribution in [-0.4, -0.2) is 16.4 Å². The normalized spacial score (nSPS) is 11.3. The summed E-state index contributed by atoms with van der Waals surface area (Å²) >= 11 is 1.31.